The number of hydrogen-bond donors (Lipinski definition) is 1. The van der Waals surface area contributed by atoms with Gasteiger partial charge < -0.3 is 9.88 Å². The average molecular weight is 386 g/mol. The van der Waals surface area contributed by atoms with Gasteiger partial charge in [-0.3, -0.25) is 9.69 Å². The zero-order valence-corrected chi connectivity index (χ0v) is 16.5. The molecule has 1 saturated carbocycles. The Morgan fingerprint density at radius 2 is 1.85 bits per heavy atom. The molecule has 1 aromatic carbocycles. The molecule has 2 aliphatic rings. The Kier molecular flexibility index (Phi) is 6.09. The summed E-state index contributed by atoms with van der Waals surface area (Å²) < 4.78 is 2.18. The second-order valence-electron chi connectivity index (χ2n) is 7.44. The quantitative estimate of drug-likeness (QED) is 0.708. The Morgan fingerprint density at radius 1 is 1.07 bits per heavy atom. The predicted octanol–water partition coefficient (Wildman–Crippen LogP) is 2.68. The van der Waals surface area contributed by atoms with Crippen LogP contribution in [0.15, 0.2) is 35.5 Å². The zero-order chi connectivity index (χ0) is 18.5. The summed E-state index contributed by atoms with van der Waals surface area (Å²) in [5.74, 6) is 1.48. The van der Waals surface area contributed by atoms with Crippen molar-refractivity contribution in [2.24, 2.45) is 0 Å². The number of carbonyl (C=O) groups is 1. The molecule has 27 heavy (non-hydrogen) atoms. The van der Waals surface area contributed by atoms with E-state index in [1.807, 2.05) is 6.07 Å². The normalized spacial score (nSPS) is 17.8. The van der Waals surface area contributed by atoms with Crippen LogP contribution < -0.4 is 5.32 Å². The molecule has 1 aromatic heterocycles. The summed E-state index contributed by atoms with van der Waals surface area (Å²) in [6.45, 7) is 3.83. The fourth-order valence-electron chi connectivity index (χ4n) is 3.41. The zero-order valence-electron chi connectivity index (χ0n) is 15.6. The molecule has 2 heterocycles. The molecule has 1 aliphatic heterocycles. The molecular formula is C20H27N5OS. The first kappa shape index (κ1) is 18.5. The van der Waals surface area contributed by atoms with Crippen LogP contribution in [0.5, 0.6) is 0 Å². The molecular weight excluding hydrogens is 358 g/mol. The van der Waals surface area contributed by atoms with Gasteiger partial charge in [-0.05, 0) is 44.3 Å². The van der Waals surface area contributed by atoms with Gasteiger partial charge in [0.25, 0.3) is 0 Å². The molecule has 0 bridgehead atoms. The number of carbonyl (C=O) groups excluding carboxylic acids is 1. The summed E-state index contributed by atoms with van der Waals surface area (Å²) >= 11 is 1.49. The second kappa shape index (κ2) is 8.89. The van der Waals surface area contributed by atoms with Crippen LogP contribution in [0, 0.1) is 0 Å². The van der Waals surface area contributed by atoms with Crippen LogP contribution in [-0.4, -0.2) is 50.5 Å². The van der Waals surface area contributed by atoms with Gasteiger partial charge in [0, 0.05) is 6.04 Å². The number of amides is 1. The first-order valence-corrected chi connectivity index (χ1v) is 10.9. The maximum atomic E-state index is 12.1. The fourth-order valence-corrected chi connectivity index (χ4v) is 4.18. The van der Waals surface area contributed by atoms with Crippen LogP contribution in [0.1, 0.15) is 43.5 Å². The van der Waals surface area contributed by atoms with Gasteiger partial charge in [0.15, 0.2) is 5.16 Å². The van der Waals surface area contributed by atoms with Crippen LogP contribution in [0.25, 0.3) is 0 Å². The second-order valence-corrected chi connectivity index (χ2v) is 8.38. The number of nitrogens with zero attached hydrogens (tertiary/aromatic N) is 4. The highest BCUT2D eigenvalue weighted by Crippen LogP contribution is 2.22. The highest BCUT2D eigenvalue weighted by atomic mass is 32.2. The number of hydrogen-bond acceptors (Lipinski definition) is 5. The van der Waals surface area contributed by atoms with Crippen molar-refractivity contribution in [3.05, 3.63) is 41.7 Å². The smallest absolute Gasteiger partial charge is 0.230 e. The van der Waals surface area contributed by atoms with E-state index < -0.39 is 0 Å². The lowest BCUT2D eigenvalue weighted by Crippen LogP contribution is -2.30. The number of rotatable bonds is 8. The third-order valence-corrected chi connectivity index (χ3v) is 6.03. The number of likely N-dealkylation sites (tertiary alicyclic amines) is 1. The van der Waals surface area contributed by atoms with E-state index in [0.29, 0.717) is 11.8 Å². The predicted molar refractivity (Wildman–Crippen MR) is 107 cm³/mol. The van der Waals surface area contributed by atoms with E-state index >= 15 is 0 Å². The van der Waals surface area contributed by atoms with Gasteiger partial charge in [0.2, 0.25) is 5.91 Å². The van der Waals surface area contributed by atoms with Crippen molar-refractivity contribution < 1.29 is 4.79 Å². The minimum Gasteiger partial charge on any atom is -0.353 e. The molecule has 1 N–H and O–H groups in total. The Balaban J connectivity index is 1.47. The molecule has 144 valence electrons. The molecule has 0 unspecified atom stereocenters. The number of thioether (sulfide) groups is 1. The third kappa shape index (κ3) is 5.32. The molecule has 7 heteroatoms. The SMILES string of the molecule is O=C(CSc1nnc(CN2CCCCC2)n1Cc1ccccc1)NC1CC1. The van der Waals surface area contributed by atoms with E-state index in [4.69, 9.17) is 0 Å². The van der Waals surface area contributed by atoms with Crippen molar-refractivity contribution in [2.75, 3.05) is 18.8 Å². The van der Waals surface area contributed by atoms with Crippen molar-refractivity contribution in [1.29, 1.82) is 0 Å². The molecule has 1 aliphatic carbocycles. The first-order valence-electron chi connectivity index (χ1n) is 9.88. The minimum atomic E-state index is 0.0920. The molecule has 1 amide bonds. The average Bonchev–Trinajstić information content (AvgIpc) is 3.44. The highest BCUT2D eigenvalue weighted by Gasteiger charge is 2.24. The van der Waals surface area contributed by atoms with E-state index in [1.54, 1.807) is 0 Å². The van der Waals surface area contributed by atoms with Crippen molar-refractivity contribution in [3.8, 4) is 0 Å². The van der Waals surface area contributed by atoms with Crippen LogP contribution in [0.3, 0.4) is 0 Å². The minimum absolute atomic E-state index is 0.0920. The Morgan fingerprint density at radius 3 is 2.59 bits per heavy atom. The molecule has 1 saturated heterocycles. The standard InChI is InChI=1S/C20H27N5OS/c26-19(21-17-9-10-17)15-27-20-23-22-18(14-24-11-5-2-6-12-24)25(20)13-16-7-3-1-4-8-16/h1,3-4,7-8,17H,2,5-6,9-15H2,(H,21,26). The van der Waals surface area contributed by atoms with Gasteiger partial charge >= 0.3 is 0 Å². The van der Waals surface area contributed by atoms with Crippen molar-refractivity contribution in [3.63, 3.8) is 0 Å². The summed E-state index contributed by atoms with van der Waals surface area (Å²) in [4.78, 5) is 14.5. The van der Waals surface area contributed by atoms with Gasteiger partial charge in [-0.2, -0.15) is 0 Å². The Hall–Kier alpha value is -1.86. The summed E-state index contributed by atoms with van der Waals surface area (Å²) in [5.41, 5.74) is 1.22. The molecule has 0 spiro atoms. The maximum Gasteiger partial charge on any atom is 0.230 e. The molecule has 4 rings (SSSR count). The Labute approximate surface area is 164 Å². The van der Waals surface area contributed by atoms with Gasteiger partial charge in [0.05, 0.1) is 18.8 Å². The van der Waals surface area contributed by atoms with Crippen LogP contribution in [-0.2, 0) is 17.9 Å². The van der Waals surface area contributed by atoms with E-state index in [9.17, 15) is 4.79 Å². The molecule has 6 nitrogen and oxygen atoms in total. The lowest BCUT2D eigenvalue weighted by atomic mass is 10.1. The maximum absolute atomic E-state index is 12.1. The van der Waals surface area contributed by atoms with Crippen LogP contribution >= 0.6 is 11.8 Å². The third-order valence-electron chi connectivity index (χ3n) is 5.07. The van der Waals surface area contributed by atoms with E-state index in [-0.39, 0.29) is 5.91 Å². The van der Waals surface area contributed by atoms with E-state index in [2.05, 4.69) is 49.2 Å². The van der Waals surface area contributed by atoms with Crippen molar-refractivity contribution >= 4 is 17.7 Å². The molecule has 0 atom stereocenters. The van der Waals surface area contributed by atoms with Crippen LogP contribution in [0.2, 0.25) is 0 Å². The molecule has 0 radical (unpaired) electrons. The summed E-state index contributed by atoms with van der Waals surface area (Å²) in [5, 5.41) is 12.8. The van der Waals surface area contributed by atoms with Crippen LogP contribution in [0.4, 0.5) is 0 Å². The van der Waals surface area contributed by atoms with Crippen molar-refractivity contribution in [2.45, 2.75) is 56.4 Å². The molecule has 2 fully saturated rings. The summed E-state index contributed by atoms with van der Waals surface area (Å²) in [7, 11) is 0. The van der Waals surface area contributed by atoms with Gasteiger partial charge in [-0.15, -0.1) is 10.2 Å². The van der Waals surface area contributed by atoms with Gasteiger partial charge in [-0.1, -0.05) is 48.5 Å². The van der Waals surface area contributed by atoms with E-state index in [0.717, 1.165) is 50.0 Å². The number of piperidine rings is 1. The first-order chi connectivity index (χ1) is 13.3. The molecule has 2 aromatic rings. The number of nitrogens with one attached hydrogen (secondary N) is 1. The number of benzene rings is 1. The lowest BCUT2D eigenvalue weighted by molar-refractivity contribution is -0.118. The lowest BCUT2D eigenvalue weighted by Gasteiger charge is -2.26. The summed E-state index contributed by atoms with van der Waals surface area (Å²) in [6.07, 6.45) is 6.07. The number of aromatic nitrogens is 3. The van der Waals surface area contributed by atoms with Gasteiger partial charge in [-0.25, -0.2) is 0 Å². The Bertz CT molecular complexity index is 753. The highest BCUT2D eigenvalue weighted by molar-refractivity contribution is 7.99. The van der Waals surface area contributed by atoms with Crippen molar-refractivity contribution in [1.82, 2.24) is 25.0 Å². The van der Waals surface area contributed by atoms with E-state index in [1.165, 1.54) is 36.6 Å². The topological polar surface area (TPSA) is 63.1 Å². The van der Waals surface area contributed by atoms with Gasteiger partial charge in [0.1, 0.15) is 5.82 Å². The largest absolute Gasteiger partial charge is 0.353 e. The monoisotopic (exact) mass is 385 g/mol. The fraction of sp³-hybridized carbons (Fsp3) is 0.550. The summed E-state index contributed by atoms with van der Waals surface area (Å²) in [6, 6.07) is 10.8.